The molecule has 0 radical (unpaired) electrons. The van der Waals surface area contributed by atoms with Crippen LogP contribution in [-0.4, -0.2) is 50.3 Å². The number of hydrogen-bond acceptors (Lipinski definition) is 6. The first kappa shape index (κ1) is 16.8. The fourth-order valence-corrected chi connectivity index (χ4v) is 2.94. The minimum atomic E-state index is 0.575. The fraction of sp³-hybridized carbons (Fsp3) is 0.500. The second-order valence-corrected chi connectivity index (χ2v) is 5.97. The predicted octanol–water partition coefficient (Wildman–Crippen LogP) is 2.46. The molecule has 2 heterocycles. The van der Waals surface area contributed by atoms with E-state index >= 15 is 0 Å². The van der Waals surface area contributed by atoms with E-state index in [0.29, 0.717) is 5.89 Å². The maximum absolute atomic E-state index is 5.93. The molecule has 1 aliphatic heterocycles. The summed E-state index contributed by atoms with van der Waals surface area (Å²) in [4.78, 5) is 7.14. The quantitative estimate of drug-likeness (QED) is 0.908. The second kappa shape index (κ2) is 7.68. The standard InChI is InChI=1S/C18H25N3O3/c1-13-16(12-21-9-4-7-19-8-10-21)20-18(24-13)15-11-14(22-2)5-6-17(15)23-3/h5-6,11,19H,4,7-10,12H2,1-3H3. The summed E-state index contributed by atoms with van der Waals surface area (Å²) >= 11 is 0. The van der Waals surface area contributed by atoms with E-state index in [0.717, 1.165) is 67.7 Å². The largest absolute Gasteiger partial charge is 0.497 e. The van der Waals surface area contributed by atoms with E-state index in [1.807, 2.05) is 25.1 Å². The lowest BCUT2D eigenvalue weighted by Crippen LogP contribution is -2.28. The van der Waals surface area contributed by atoms with Gasteiger partial charge >= 0.3 is 0 Å². The van der Waals surface area contributed by atoms with Gasteiger partial charge in [-0.15, -0.1) is 0 Å². The van der Waals surface area contributed by atoms with E-state index in [2.05, 4.69) is 10.2 Å². The molecule has 0 spiro atoms. The molecule has 0 atom stereocenters. The number of hydrogen-bond donors (Lipinski definition) is 1. The van der Waals surface area contributed by atoms with Crippen LogP contribution in [0.2, 0.25) is 0 Å². The highest BCUT2D eigenvalue weighted by Crippen LogP contribution is 2.34. The minimum Gasteiger partial charge on any atom is -0.497 e. The molecule has 1 aliphatic rings. The van der Waals surface area contributed by atoms with Crippen LogP contribution < -0.4 is 14.8 Å². The summed E-state index contributed by atoms with van der Waals surface area (Å²) in [5.74, 6) is 2.91. The molecule has 0 aliphatic carbocycles. The molecule has 130 valence electrons. The summed E-state index contributed by atoms with van der Waals surface area (Å²) in [6.45, 7) is 6.99. The minimum absolute atomic E-state index is 0.575. The van der Waals surface area contributed by atoms with Gasteiger partial charge in [-0.1, -0.05) is 0 Å². The lowest BCUT2D eigenvalue weighted by Gasteiger charge is -2.17. The van der Waals surface area contributed by atoms with Crippen LogP contribution in [0.15, 0.2) is 22.6 Å². The van der Waals surface area contributed by atoms with Crippen molar-refractivity contribution < 1.29 is 13.9 Å². The summed E-state index contributed by atoms with van der Waals surface area (Å²) < 4.78 is 16.7. The Morgan fingerprint density at radius 3 is 2.88 bits per heavy atom. The van der Waals surface area contributed by atoms with Crippen molar-refractivity contribution in [1.82, 2.24) is 15.2 Å². The Morgan fingerprint density at radius 2 is 2.08 bits per heavy atom. The van der Waals surface area contributed by atoms with E-state index in [1.165, 1.54) is 0 Å². The van der Waals surface area contributed by atoms with Crippen LogP contribution in [0.5, 0.6) is 11.5 Å². The molecule has 0 saturated carbocycles. The summed E-state index contributed by atoms with van der Waals surface area (Å²) in [5.41, 5.74) is 1.79. The van der Waals surface area contributed by atoms with Crippen molar-refractivity contribution in [3.05, 3.63) is 29.7 Å². The fourth-order valence-electron chi connectivity index (χ4n) is 2.94. The molecule has 6 heteroatoms. The number of nitrogens with one attached hydrogen (secondary N) is 1. The van der Waals surface area contributed by atoms with E-state index in [-0.39, 0.29) is 0 Å². The van der Waals surface area contributed by atoms with Crippen molar-refractivity contribution in [2.24, 2.45) is 0 Å². The van der Waals surface area contributed by atoms with Gasteiger partial charge in [0.15, 0.2) is 0 Å². The maximum Gasteiger partial charge on any atom is 0.230 e. The molecule has 1 aromatic carbocycles. The number of nitrogens with zero attached hydrogens (tertiary/aromatic N) is 2. The van der Waals surface area contributed by atoms with Crippen molar-refractivity contribution in [3.8, 4) is 23.0 Å². The van der Waals surface area contributed by atoms with Gasteiger partial charge < -0.3 is 19.2 Å². The molecule has 0 amide bonds. The highest BCUT2D eigenvalue weighted by atomic mass is 16.5. The number of aromatic nitrogens is 1. The highest BCUT2D eigenvalue weighted by Gasteiger charge is 2.18. The van der Waals surface area contributed by atoms with Gasteiger partial charge in [-0.2, -0.15) is 0 Å². The lowest BCUT2D eigenvalue weighted by molar-refractivity contribution is 0.280. The number of ether oxygens (including phenoxy) is 2. The van der Waals surface area contributed by atoms with Crippen molar-refractivity contribution in [2.45, 2.75) is 19.9 Å². The molecular weight excluding hydrogens is 306 g/mol. The zero-order valence-corrected chi connectivity index (χ0v) is 14.6. The molecular formula is C18H25N3O3. The Hall–Kier alpha value is -2.05. The van der Waals surface area contributed by atoms with Gasteiger partial charge in [0.1, 0.15) is 17.3 Å². The van der Waals surface area contributed by atoms with Crippen molar-refractivity contribution >= 4 is 0 Å². The van der Waals surface area contributed by atoms with Crippen LogP contribution >= 0.6 is 0 Å². The number of rotatable bonds is 5. The number of aryl methyl sites for hydroxylation is 1. The maximum atomic E-state index is 5.93. The average Bonchev–Trinajstić information content (AvgIpc) is 2.80. The van der Waals surface area contributed by atoms with Gasteiger partial charge in [-0.05, 0) is 44.6 Å². The topological polar surface area (TPSA) is 59.8 Å². The molecule has 1 fully saturated rings. The van der Waals surface area contributed by atoms with Crippen LogP contribution in [0.4, 0.5) is 0 Å². The van der Waals surface area contributed by atoms with Crippen molar-refractivity contribution in [3.63, 3.8) is 0 Å². The average molecular weight is 331 g/mol. The van der Waals surface area contributed by atoms with Gasteiger partial charge in [-0.3, -0.25) is 4.90 Å². The summed E-state index contributed by atoms with van der Waals surface area (Å²) in [6, 6.07) is 5.63. The highest BCUT2D eigenvalue weighted by molar-refractivity contribution is 5.65. The molecule has 0 unspecified atom stereocenters. The normalized spacial score (nSPS) is 16.0. The molecule has 24 heavy (non-hydrogen) atoms. The van der Waals surface area contributed by atoms with Crippen LogP contribution in [-0.2, 0) is 6.54 Å². The van der Waals surface area contributed by atoms with Gasteiger partial charge in [-0.25, -0.2) is 4.98 Å². The van der Waals surface area contributed by atoms with E-state index in [9.17, 15) is 0 Å². The molecule has 3 rings (SSSR count). The Bertz CT molecular complexity index is 676. The Balaban J connectivity index is 1.85. The third-order valence-corrected chi connectivity index (χ3v) is 4.34. The van der Waals surface area contributed by atoms with Crippen molar-refractivity contribution in [1.29, 1.82) is 0 Å². The first-order chi connectivity index (χ1) is 11.7. The molecule has 6 nitrogen and oxygen atoms in total. The number of oxazole rings is 1. The third-order valence-electron chi connectivity index (χ3n) is 4.34. The van der Waals surface area contributed by atoms with Gasteiger partial charge in [0.25, 0.3) is 0 Å². The van der Waals surface area contributed by atoms with Crippen LogP contribution in [0.25, 0.3) is 11.5 Å². The Morgan fingerprint density at radius 1 is 1.21 bits per heavy atom. The lowest BCUT2D eigenvalue weighted by atomic mass is 10.2. The van der Waals surface area contributed by atoms with E-state index < -0.39 is 0 Å². The first-order valence-electron chi connectivity index (χ1n) is 8.33. The SMILES string of the molecule is COc1ccc(OC)c(-c2nc(CN3CCCNCC3)c(C)o2)c1. The smallest absolute Gasteiger partial charge is 0.230 e. The monoisotopic (exact) mass is 331 g/mol. The second-order valence-electron chi connectivity index (χ2n) is 5.97. The molecule has 0 bridgehead atoms. The predicted molar refractivity (Wildman–Crippen MR) is 92.5 cm³/mol. The molecule has 1 aromatic heterocycles. The summed E-state index contributed by atoms with van der Waals surface area (Å²) in [5, 5.41) is 3.42. The van der Waals surface area contributed by atoms with Gasteiger partial charge in [0.05, 0.1) is 25.5 Å². The summed E-state index contributed by atoms with van der Waals surface area (Å²) in [7, 11) is 3.29. The van der Waals surface area contributed by atoms with Crippen LogP contribution in [0.1, 0.15) is 17.9 Å². The number of methoxy groups -OCH3 is 2. The molecule has 1 N–H and O–H groups in total. The van der Waals surface area contributed by atoms with Crippen molar-refractivity contribution in [2.75, 3.05) is 40.4 Å². The zero-order valence-electron chi connectivity index (χ0n) is 14.6. The van der Waals surface area contributed by atoms with E-state index in [4.69, 9.17) is 18.9 Å². The molecule has 2 aromatic rings. The van der Waals surface area contributed by atoms with Gasteiger partial charge in [0.2, 0.25) is 5.89 Å². The van der Waals surface area contributed by atoms with Crippen LogP contribution in [0.3, 0.4) is 0 Å². The third kappa shape index (κ3) is 3.71. The first-order valence-corrected chi connectivity index (χ1v) is 8.33. The molecule has 1 saturated heterocycles. The van der Waals surface area contributed by atoms with Crippen LogP contribution in [0, 0.1) is 6.92 Å². The van der Waals surface area contributed by atoms with Gasteiger partial charge in [0, 0.05) is 19.6 Å². The Labute approximate surface area is 142 Å². The summed E-state index contributed by atoms with van der Waals surface area (Å²) in [6.07, 6.45) is 1.16. The zero-order chi connectivity index (χ0) is 16.9. The number of benzene rings is 1. The van der Waals surface area contributed by atoms with E-state index in [1.54, 1.807) is 14.2 Å². The Kier molecular flexibility index (Phi) is 5.37.